The molecule has 124 valence electrons. The van der Waals surface area contributed by atoms with E-state index < -0.39 is 12.0 Å². The molecular formula is C17H21NO5. The summed E-state index contributed by atoms with van der Waals surface area (Å²) >= 11 is 0. The van der Waals surface area contributed by atoms with Crippen LogP contribution in [0.3, 0.4) is 0 Å². The molecule has 3 rings (SSSR count). The monoisotopic (exact) mass is 319 g/mol. The Balaban J connectivity index is 1.74. The highest BCUT2D eigenvalue weighted by Gasteiger charge is 2.38. The molecule has 0 radical (unpaired) electrons. The second-order valence-corrected chi connectivity index (χ2v) is 5.94. The van der Waals surface area contributed by atoms with Crippen molar-refractivity contribution in [2.45, 2.75) is 32.2 Å². The van der Waals surface area contributed by atoms with Crippen molar-refractivity contribution in [1.82, 2.24) is 4.90 Å². The van der Waals surface area contributed by atoms with E-state index in [1.807, 2.05) is 25.1 Å². The van der Waals surface area contributed by atoms with Crippen molar-refractivity contribution in [3.05, 3.63) is 23.8 Å². The summed E-state index contributed by atoms with van der Waals surface area (Å²) in [7, 11) is 0. The molecule has 0 spiro atoms. The predicted molar refractivity (Wildman–Crippen MR) is 82.7 cm³/mol. The third-order valence-electron chi connectivity index (χ3n) is 4.42. The Hall–Kier alpha value is -2.24. The van der Waals surface area contributed by atoms with Gasteiger partial charge in [0.15, 0.2) is 0 Å². The van der Waals surface area contributed by atoms with Crippen LogP contribution in [0.2, 0.25) is 0 Å². The molecule has 1 saturated heterocycles. The highest BCUT2D eigenvalue weighted by molar-refractivity contribution is 5.86. The number of carboxylic acid groups (broad SMARTS) is 1. The average molecular weight is 319 g/mol. The molecule has 0 saturated carbocycles. The van der Waals surface area contributed by atoms with E-state index in [0.717, 1.165) is 23.5 Å². The number of hydrogen-bond donors (Lipinski definition) is 1. The number of aliphatic carboxylic acids is 1. The van der Waals surface area contributed by atoms with Crippen LogP contribution in [0.1, 0.15) is 25.3 Å². The SMILES string of the molecule is CCOc1ccc2c(c1)C[C@H](C(=O)N1CCC[C@@H]1C(=O)O)CO2. The molecule has 0 aliphatic carbocycles. The molecule has 2 aliphatic rings. The molecule has 0 aromatic heterocycles. The van der Waals surface area contributed by atoms with Gasteiger partial charge >= 0.3 is 5.97 Å². The summed E-state index contributed by atoms with van der Waals surface area (Å²) in [6, 6.07) is 4.91. The van der Waals surface area contributed by atoms with Gasteiger partial charge in [-0.15, -0.1) is 0 Å². The van der Waals surface area contributed by atoms with E-state index in [-0.39, 0.29) is 11.8 Å². The van der Waals surface area contributed by atoms with Crippen molar-refractivity contribution in [1.29, 1.82) is 0 Å². The van der Waals surface area contributed by atoms with E-state index in [0.29, 0.717) is 32.6 Å². The van der Waals surface area contributed by atoms with Gasteiger partial charge in [0.2, 0.25) is 5.91 Å². The lowest BCUT2D eigenvalue weighted by Crippen LogP contribution is -2.46. The topological polar surface area (TPSA) is 76.1 Å². The lowest BCUT2D eigenvalue weighted by molar-refractivity contribution is -0.150. The lowest BCUT2D eigenvalue weighted by atomic mass is 9.95. The van der Waals surface area contributed by atoms with Gasteiger partial charge in [0.1, 0.15) is 24.1 Å². The molecule has 1 amide bonds. The van der Waals surface area contributed by atoms with Gasteiger partial charge in [0.25, 0.3) is 0 Å². The Morgan fingerprint density at radius 2 is 2.26 bits per heavy atom. The minimum atomic E-state index is -0.924. The van der Waals surface area contributed by atoms with Crippen LogP contribution in [0.4, 0.5) is 0 Å². The summed E-state index contributed by atoms with van der Waals surface area (Å²) in [6.45, 7) is 3.30. The summed E-state index contributed by atoms with van der Waals surface area (Å²) in [6.07, 6.45) is 1.82. The Kier molecular flexibility index (Phi) is 4.41. The van der Waals surface area contributed by atoms with Crippen LogP contribution >= 0.6 is 0 Å². The Labute approximate surface area is 135 Å². The average Bonchev–Trinajstić information content (AvgIpc) is 3.03. The van der Waals surface area contributed by atoms with E-state index in [4.69, 9.17) is 9.47 Å². The van der Waals surface area contributed by atoms with Gasteiger partial charge in [-0.05, 0) is 49.9 Å². The number of likely N-dealkylation sites (tertiary alicyclic amines) is 1. The quantitative estimate of drug-likeness (QED) is 0.914. The van der Waals surface area contributed by atoms with E-state index in [1.165, 1.54) is 4.90 Å². The van der Waals surface area contributed by atoms with Gasteiger partial charge in [0.05, 0.1) is 12.5 Å². The van der Waals surface area contributed by atoms with Crippen molar-refractivity contribution in [3.63, 3.8) is 0 Å². The van der Waals surface area contributed by atoms with Crippen LogP contribution in [0, 0.1) is 5.92 Å². The predicted octanol–water partition coefficient (Wildman–Crippen LogP) is 1.71. The molecule has 2 heterocycles. The summed E-state index contributed by atoms with van der Waals surface area (Å²) in [5.41, 5.74) is 0.937. The molecule has 0 bridgehead atoms. The fourth-order valence-electron chi connectivity index (χ4n) is 3.31. The van der Waals surface area contributed by atoms with Gasteiger partial charge in [0, 0.05) is 6.54 Å². The number of nitrogens with zero attached hydrogens (tertiary/aromatic N) is 1. The molecule has 1 fully saturated rings. The molecule has 6 nitrogen and oxygen atoms in total. The molecule has 23 heavy (non-hydrogen) atoms. The molecule has 1 aromatic carbocycles. The molecule has 1 aromatic rings. The standard InChI is InChI=1S/C17H21NO5/c1-2-22-13-5-6-15-11(9-13)8-12(10-23-15)16(19)18-7-3-4-14(18)17(20)21/h5-6,9,12,14H,2-4,7-8,10H2,1H3,(H,20,21)/t12-,14+/m0/s1. The number of ether oxygens (including phenoxy) is 2. The van der Waals surface area contributed by atoms with Crippen molar-refractivity contribution in [2.75, 3.05) is 19.8 Å². The van der Waals surface area contributed by atoms with Crippen LogP contribution in [-0.2, 0) is 16.0 Å². The molecule has 2 aliphatic heterocycles. The molecule has 6 heteroatoms. The number of carbonyl (C=O) groups is 2. The number of amides is 1. The molecule has 0 unspecified atom stereocenters. The molecule has 2 atom stereocenters. The highest BCUT2D eigenvalue weighted by atomic mass is 16.5. The summed E-state index contributed by atoms with van der Waals surface area (Å²) in [5.74, 6) is 0.148. The second-order valence-electron chi connectivity index (χ2n) is 5.94. The maximum Gasteiger partial charge on any atom is 0.326 e. The first-order valence-electron chi connectivity index (χ1n) is 8.02. The normalized spacial score (nSPS) is 23.1. The Morgan fingerprint density at radius 3 is 3.00 bits per heavy atom. The number of hydrogen-bond acceptors (Lipinski definition) is 4. The van der Waals surface area contributed by atoms with Crippen molar-refractivity contribution in [3.8, 4) is 11.5 Å². The summed E-state index contributed by atoms with van der Waals surface area (Å²) in [4.78, 5) is 25.5. The van der Waals surface area contributed by atoms with Crippen LogP contribution in [0.15, 0.2) is 18.2 Å². The van der Waals surface area contributed by atoms with Gasteiger partial charge in [-0.3, -0.25) is 4.79 Å². The number of fused-ring (bicyclic) bond motifs is 1. The zero-order valence-corrected chi connectivity index (χ0v) is 13.2. The van der Waals surface area contributed by atoms with Crippen molar-refractivity contribution < 1.29 is 24.2 Å². The number of carbonyl (C=O) groups excluding carboxylic acids is 1. The van der Waals surface area contributed by atoms with Crippen LogP contribution in [0.5, 0.6) is 11.5 Å². The summed E-state index contributed by atoms with van der Waals surface area (Å²) in [5, 5.41) is 9.24. The third-order valence-corrected chi connectivity index (χ3v) is 4.42. The first kappa shape index (κ1) is 15.6. The van der Waals surface area contributed by atoms with Crippen molar-refractivity contribution >= 4 is 11.9 Å². The minimum absolute atomic E-state index is 0.123. The van der Waals surface area contributed by atoms with Crippen LogP contribution < -0.4 is 9.47 Å². The smallest absolute Gasteiger partial charge is 0.326 e. The number of benzene rings is 1. The largest absolute Gasteiger partial charge is 0.494 e. The van der Waals surface area contributed by atoms with E-state index >= 15 is 0 Å². The fourth-order valence-corrected chi connectivity index (χ4v) is 3.31. The fraction of sp³-hybridized carbons (Fsp3) is 0.529. The maximum absolute atomic E-state index is 12.7. The van der Waals surface area contributed by atoms with E-state index in [9.17, 15) is 14.7 Å². The Morgan fingerprint density at radius 1 is 1.43 bits per heavy atom. The van der Waals surface area contributed by atoms with Gasteiger partial charge in [-0.2, -0.15) is 0 Å². The summed E-state index contributed by atoms with van der Waals surface area (Å²) < 4.78 is 11.2. The molecular weight excluding hydrogens is 298 g/mol. The Bertz CT molecular complexity index is 615. The van der Waals surface area contributed by atoms with Crippen LogP contribution in [0.25, 0.3) is 0 Å². The van der Waals surface area contributed by atoms with Gasteiger partial charge in [-0.1, -0.05) is 0 Å². The van der Waals surface area contributed by atoms with Crippen molar-refractivity contribution in [2.24, 2.45) is 5.92 Å². The third kappa shape index (κ3) is 3.11. The molecule has 1 N–H and O–H groups in total. The van der Waals surface area contributed by atoms with E-state index in [2.05, 4.69) is 0 Å². The maximum atomic E-state index is 12.7. The first-order valence-corrected chi connectivity index (χ1v) is 8.02. The second kappa shape index (κ2) is 6.48. The minimum Gasteiger partial charge on any atom is -0.494 e. The first-order chi connectivity index (χ1) is 11.1. The van der Waals surface area contributed by atoms with Gasteiger partial charge < -0.3 is 19.5 Å². The zero-order chi connectivity index (χ0) is 16.4. The van der Waals surface area contributed by atoms with Gasteiger partial charge in [-0.25, -0.2) is 4.79 Å². The highest BCUT2D eigenvalue weighted by Crippen LogP contribution is 2.32. The van der Waals surface area contributed by atoms with Crippen LogP contribution in [-0.4, -0.2) is 47.7 Å². The zero-order valence-electron chi connectivity index (χ0n) is 13.2. The van der Waals surface area contributed by atoms with E-state index in [1.54, 1.807) is 0 Å². The lowest BCUT2D eigenvalue weighted by Gasteiger charge is -2.30. The number of carboxylic acids is 1. The number of rotatable bonds is 4.